The molecule has 0 amide bonds. The first-order valence-corrected chi connectivity index (χ1v) is 13.1. The summed E-state index contributed by atoms with van der Waals surface area (Å²) >= 11 is 0. The smallest absolute Gasteiger partial charge is 0.381 e. The van der Waals surface area contributed by atoms with E-state index in [0.717, 1.165) is 18.8 Å². The average molecular weight is 480 g/mol. The van der Waals surface area contributed by atoms with Gasteiger partial charge < -0.3 is 14.7 Å². The first-order chi connectivity index (χ1) is 15.4. The maximum Gasteiger partial charge on any atom is 0.418 e. The third kappa shape index (κ3) is 7.07. The van der Waals surface area contributed by atoms with Crippen molar-refractivity contribution < 1.29 is 27.4 Å². The highest BCUT2D eigenvalue weighted by atomic mass is 19.4. The number of hydrogen-bond acceptors (Lipinski definition) is 3. The van der Waals surface area contributed by atoms with Gasteiger partial charge >= 0.3 is 6.18 Å². The monoisotopic (exact) mass is 479 g/mol. The molecule has 3 fully saturated rings. The van der Waals surface area contributed by atoms with Gasteiger partial charge in [0.25, 0.3) is 0 Å². The van der Waals surface area contributed by atoms with E-state index >= 15 is 0 Å². The molecule has 0 aromatic carbocycles. The average Bonchev–Trinajstić information content (AvgIpc) is 2.75. The Bertz CT molecular complexity index is 600. The highest BCUT2D eigenvalue weighted by molar-refractivity contribution is 4.99. The number of piperidine rings is 1. The number of methoxy groups -OCH3 is 1. The van der Waals surface area contributed by atoms with Crippen LogP contribution in [0, 0.1) is 23.2 Å². The molecular formula is C26H45F4NO2. The molecule has 3 aliphatic rings. The van der Waals surface area contributed by atoms with Crippen LogP contribution >= 0.6 is 0 Å². The third-order valence-electron chi connectivity index (χ3n) is 8.89. The zero-order valence-corrected chi connectivity index (χ0v) is 20.8. The van der Waals surface area contributed by atoms with Crippen molar-refractivity contribution in [2.24, 2.45) is 23.2 Å². The number of aliphatic hydroxyl groups is 1. The lowest BCUT2D eigenvalue weighted by Crippen LogP contribution is -2.58. The van der Waals surface area contributed by atoms with Gasteiger partial charge in [-0.2, -0.15) is 13.2 Å². The van der Waals surface area contributed by atoms with Crippen LogP contribution in [0.4, 0.5) is 17.6 Å². The molecule has 0 bridgehead atoms. The zero-order valence-electron chi connectivity index (χ0n) is 20.8. The number of likely N-dealkylation sites (tertiary alicyclic amines) is 1. The second-order valence-electron chi connectivity index (χ2n) is 11.9. The maximum absolute atomic E-state index is 14.2. The number of nitrogens with zero attached hydrogens (tertiary/aromatic N) is 1. The molecule has 194 valence electrons. The predicted molar refractivity (Wildman–Crippen MR) is 123 cm³/mol. The van der Waals surface area contributed by atoms with E-state index in [4.69, 9.17) is 4.74 Å². The third-order valence-corrected chi connectivity index (χ3v) is 8.89. The quantitative estimate of drug-likeness (QED) is 0.402. The van der Waals surface area contributed by atoms with Crippen LogP contribution in [0.1, 0.15) is 90.9 Å². The van der Waals surface area contributed by atoms with Crippen molar-refractivity contribution in [3.8, 4) is 0 Å². The van der Waals surface area contributed by atoms with E-state index in [9.17, 15) is 22.7 Å². The summed E-state index contributed by atoms with van der Waals surface area (Å²) in [7, 11) is 1.54. The Labute approximate surface area is 197 Å². The SMILES string of the molecule is COC1CCC(F)CC1C(C)(C)CC(O)(CN1CCC(CC2CCCCC2)CC1)C(F)(F)F. The van der Waals surface area contributed by atoms with Gasteiger partial charge in [-0.25, -0.2) is 4.39 Å². The summed E-state index contributed by atoms with van der Waals surface area (Å²) in [6, 6.07) is 0. The molecule has 0 aromatic rings. The molecular weight excluding hydrogens is 434 g/mol. The van der Waals surface area contributed by atoms with Crippen LogP contribution in [0.3, 0.4) is 0 Å². The highest BCUT2D eigenvalue weighted by Crippen LogP contribution is 2.48. The maximum atomic E-state index is 14.2. The van der Waals surface area contributed by atoms with E-state index in [1.165, 1.54) is 38.5 Å². The summed E-state index contributed by atoms with van der Waals surface area (Å²) in [5.41, 5.74) is -3.72. The number of halogens is 4. The minimum Gasteiger partial charge on any atom is -0.381 e. The van der Waals surface area contributed by atoms with Gasteiger partial charge in [-0.1, -0.05) is 46.0 Å². The van der Waals surface area contributed by atoms with Crippen molar-refractivity contribution in [1.82, 2.24) is 4.90 Å². The molecule has 0 aromatic heterocycles. The van der Waals surface area contributed by atoms with Gasteiger partial charge in [0.1, 0.15) is 6.17 Å². The fourth-order valence-corrected chi connectivity index (χ4v) is 6.97. The number of β-amino-alcohol motifs (C(OH)–C–C–N with tert-alkyl or cyclic N) is 1. The summed E-state index contributed by atoms with van der Waals surface area (Å²) in [6.45, 7) is 4.27. The molecule has 3 nitrogen and oxygen atoms in total. The van der Waals surface area contributed by atoms with Crippen LogP contribution < -0.4 is 0 Å². The van der Waals surface area contributed by atoms with E-state index in [2.05, 4.69) is 0 Å². The van der Waals surface area contributed by atoms with Gasteiger partial charge in [-0.3, -0.25) is 0 Å². The molecule has 3 rings (SSSR count). The lowest BCUT2D eigenvalue weighted by atomic mass is 9.64. The summed E-state index contributed by atoms with van der Waals surface area (Å²) < 4.78 is 62.3. The molecule has 2 saturated carbocycles. The van der Waals surface area contributed by atoms with Gasteiger partial charge in [0.05, 0.1) is 6.10 Å². The second kappa shape index (κ2) is 11.1. The number of alkyl halides is 4. The molecule has 7 heteroatoms. The molecule has 1 heterocycles. The molecule has 2 aliphatic carbocycles. The largest absolute Gasteiger partial charge is 0.418 e. The van der Waals surface area contributed by atoms with Gasteiger partial charge in [0.2, 0.25) is 0 Å². The van der Waals surface area contributed by atoms with E-state index in [0.29, 0.717) is 31.8 Å². The van der Waals surface area contributed by atoms with Crippen LogP contribution in [0.5, 0.6) is 0 Å². The molecule has 1 N–H and O–H groups in total. The van der Waals surface area contributed by atoms with Gasteiger partial charge in [-0.05, 0) is 81.2 Å². The van der Waals surface area contributed by atoms with E-state index < -0.39 is 36.3 Å². The molecule has 4 unspecified atom stereocenters. The normalized spacial score (nSPS) is 31.5. The van der Waals surface area contributed by atoms with Crippen LogP contribution in [0.15, 0.2) is 0 Å². The van der Waals surface area contributed by atoms with Gasteiger partial charge in [0, 0.05) is 13.7 Å². The predicted octanol–water partition coefficient (Wildman–Crippen LogP) is 6.53. The van der Waals surface area contributed by atoms with E-state index in [-0.39, 0.29) is 18.4 Å². The van der Waals surface area contributed by atoms with Gasteiger partial charge in [0.15, 0.2) is 5.60 Å². The Morgan fingerprint density at radius 2 is 1.52 bits per heavy atom. The Hall–Kier alpha value is -0.400. The topological polar surface area (TPSA) is 32.7 Å². The number of rotatable bonds is 8. The zero-order chi connectivity index (χ0) is 24.3. The van der Waals surface area contributed by atoms with Crippen molar-refractivity contribution in [2.75, 3.05) is 26.7 Å². The fraction of sp³-hybridized carbons (Fsp3) is 1.00. The molecule has 4 atom stereocenters. The molecule has 1 aliphatic heterocycles. The summed E-state index contributed by atoms with van der Waals surface area (Å²) in [6.07, 6.45) is 4.16. The van der Waals surface area contributed by atoms with Crippen molar-refractivity contribution >= 4 is 0 Å². The van der Waals surface area contributed by atoms with Crippen LogP contribution in [0.2, 0.25) is 0 Å². The van der Waals surface area contributed by atoms with Crippen LogP contribution in [-0.2, 0) is 4.74 Å². The standard InChI is InChI=1S/C26H45F4NO2/c1-24(2,22-16-21(27)9-10-23(22)33-3)17-25(32,26(28,29)30)18-31-13-11-20(12-14-31)15-19-7-5-4-6-8-19/h19-23,32H,4-18H2,1-3H3. The second-order valence-corrected chi connectivity index (χ2v) is 11.9. The minimum atomic E-state index is -4.74. The number of ether oxygens (including phenoxy) is 1. The Morgan fingerprint density at radius 3 is 2.09 bits per heavy atom. The highest BCUT2D eigenvalue weighted by Gasteiger charge is 2.58. The van der Waals surface area contributed by atoms with Crippen LogP contribution in [0.25, 0.3) is 0 Å². The van der Waals surface area contributed by atoms with Crippen molar-refractivity contribution in [1.29, 1.82) is 0 Å². The summed E-state index contributed by atoms with van der Waals surface area (Å²) in [5.74, 6) is 1.01. The van der Waals surface area contributed by atoms with E-state index in [1.54, 1.807) is 25.9 Å². The summed E-state index contributed by atoms with van der Waals surface area (Å²) in [5, 5.41) is 11.0. The first-order valence-electron chi connectivity index (χ1n) is 13.1. The Balaban J connectivity index is 1.61. The molecule has 0 spiro atoms. The van der Waals surface area contributed by atoms with E-state index in [1.807, 2.05) is 0 Å². The first kappa shape index (κ1) is 27.2. The fourth-order valence-electron chi connectivity index (χ4n) is 6.97. The minimum absolute atomic E-state index is 0.187. The molecule has 0 radical (unpaired) electrons. The molecule has 1 saturated heterocycles. The van der Waals surface area contributed by atoms with Crippen molar-refractivity contribution in [3.63, 3.8) is 0 Å². The number of hydrogen-bond donors (Lipinski definition) is 1. The van der Waals surface area contributed by atoms with Crippen molar-refractivity contribution in [2.45, 2.75) is 115 Å². The van der Waals surface area contributed by atoms with Gasteiger partial charge in [-0.15, -0.1) is 0 Å². The summed E-state index contributed by atoms with van der Waals surface area (Å²) in [4.78, 5) is 1.80. The van der Waals surface area contributed by atoms with Crippen LogP contribution in [-0.4, -0.2) is 60.8 Å². The lowest BCUT2D eigenvalue weighted by molar-refractivity contribution is -0.278. The Kier molecular flexibility index (Phi) is 9.16. The Morgan fingerprint density at radius 1 is 0.909 bits per heavy atom. The molecule has 33 heavy (non-hydrogen) atoms. The lowest BCUT2D eigenvalue weighted by Gasteiger charge is -2.48. The van der Waals surface area contributed by atoms with Crippen molar-refractivity contribution in [3.05, 3.63) is 0 Å².